The van der Waals surface area contributed by atoms with Gasteiger partial charge >= 0.3 is 5.97 Å². The highest BCUT2D eigenvalue weighted by molar-refractivity contribution is 8.05. The molecule has 32 heavy (non-hydrogen) atoms. The summed E-state index contributed by atoms with van der Waals surface area (Å²) in [5, 5.41) is 6.24. The number of amides is 1. The van der Waals surface area contributed by atoms with Gasteiger partial charge in [0.15, 0.2) is 5.50 Å². The zero-order valence-electron chi connectivity index (χ0n) is 17.9. The molecule has 7 heteroatoms. The van der Waals surface area contributed by atoms with Crippen molar-refractivity contribution < 1.29 is 18.7 Å². The summed E-state index contributed by atoms with van der Waals surface area (Å²) in [6.45, 7) is 4.23. The van der Waals surface area contributed by atoms with Crippen LogP contribution in [-0.4, -0.2) is 24.0 Å². The molecular weight excluding hydrogens is 424 g/mol. The van der Waals surface area contributed by atoms with Gasteiger partial charge in [-0.1, -0.05) is 43.0 Å². The first-order valence-corrected chi connectivity index (χ1v) is 11.4. The van der Waals surface area contributed by atoms with E-state index in [1.807, 2.05) is 36.4 Å². The van der Waals surface area contributed by atoms with Crippen LogP contribution in [0, 0.1) is 0 Å². The average Bonchev–Trinajstić information content (AvgIpc) is 3.41. The Morgan fingerprint density at radius 2 is 1.84 bits per heavy atom. The molecule has 0 unspecified atom stereocenters. The van der Waals surface area contributed by atoms with Gasteiger partial charge < -0.3 is 19.8 Å². The summed E-state index contributed by atoms with van der Waals surface area (Å²) in [6, 6.07) is 18.9. The molecule has 164 valence electrons. The summed E-state index contributed by atoms with van der Waals surface area (Å²) in [5.41, 5.74) is 3.30. The molecule has 1 fully saturated rings. The van der Waals surface area contributed by atoms with E-state index in [0.717, 1.165) is 17.7 Å². The normalized spacial score (nSPS) is 16.8. The number of hydrogen-bond donors (Lipinski definition) is 2. The lowest BCUT2D eigenvalue weighted by Gasteiger charge is -2.12. The molecule has 4 rings (SSSR count). The highest BCUT2D eigenvalue weighted by Crippen LogP contribution is 2.32. The fourth-order valence-corrected chi connectivity index (χ4v) is 4.22. The number of ether oxygens (including phenoxy) is 1. The van der Waals surface area contributed by atoms with Gasteiger partial charge in [0, 0.05) is 17.3 Å². The van der Waals surface area contributed by atoms with Crippen molar-refractivity contribution in [3.05, 3.63) is 82.5 Å². The second-order valence-electron chi connectivity index (χ2n) is 7.17. The third kappa shape index (κ3) is 5.06. The number of carbonyl (C=O) groups excluding carboxylic acids is 2. The third-order valence-corrected chi connectivity index (χ3v) is 6.00. The van der Waals surface area contributed by atoms with Crippen LogP contribution in [0.5, 0.6) is 0 Å². The molecule has 2 heterocycles. The molecule has 0 spiro atoms. The minimum atomic E-state index is -0.349. The molecule has 2 aromatic carbocycles. The lowest BCUT2D eigenvalue weighted by molar-refractivity contribution is -0.116. The van der Waals surface area contributed by atoms with Crippen LogP contribution >= 0.6 is 11.8 Å². The largest absolute Gasteiger partial charge is 0.462 e. The van der Waals surface area contributed by atoms with Crippen molar-refractivity contribution in [2.75, 3.05) is 11.9 Å². The number of esters is 1. The van der Waals surface area contributed by atoms with E-state index in [9.17, 15) is 9.59 Å². The molecule has 1 aromatic heterocycles. The number of carbonyl (C=O) groups is 2. The summed E-state index contributed by atoms with van der Waals surface area (Å²) >= 11 is 1.41. The van der Waals surface area contributed by atoms with Crippen LogP contribution in [0.3, 0.4) is 0 Å². The lowest BCUT2D eigenvalue weighted by Crippen LogP contribution is -2.30. The summed E-state index contributed by atoms with van der Waals surface area (Å²) in [6.07, 6.45) is 2.72. The molecule has 0 radical (unpaired) electrons. The van der Waals surface area contributed by atoms with Crippen LogP contribution in [0.2, 0.25) is 0 Å². The Labute approximate surface area is 191 Å². The number of benzene rings is 2. The van der Waals surface area contributed by atoms with Crippen LogP contribution in [-0.2, 0) is 16.0 Å². The van der Waals surface area contributed by atoms with E-state index in [0.29, 0.717) is 28.6 Å². The molecule has 1 aliphatic rings. The smallest absolute Gasteiger partial charge is 0.338 e. The van der Waals surface area contributed by atoms with Crippen molar-refractivity contribution in [1.29, 1.82) is 0 Å². The predicted molar refractivity (Wildman–Crippen MR) is 127 cm³/mol. The van der Waals surface area contributed by atoms with Gasteiger partial charge in [-0.25, -0.2) is 4.79 Å². The summed E-state index contributed by atoms with van der Waals surface area (Å²) in [4.78, 5) is 24.8. The van der Waals surface area contributed by atoms with Gasteiger partial charge in [0.1, 0.15) is 11.5 Å². The minimum Gasteiger partial charge on any atom is -0.462 e. The molecule has 0 saturated carbocycles. The Kier molecular flexibility index (Phi) is 6.66. The minimum absolute atomic E-state index is 0.144. The van der Waals surface area contributed by atoms with Gasteiger partial charge in [0.2, 0.25) is 0 Å². The Balaban J connectivity index is 1.42. The second kappa shape index (κ2) is 9.78. The first kappa shape index (κ1) is 21.8. The van der Waals surface area contributed by atoms with Crippen LogP contribution in [0.25, 0.3) is 17.4 Å². The highest BCUT2D eigenvalue weighted by Gasteiger charge is 2.27. The van der Waals surface area contributed by atoms with Crippen molar-refractivity contribution in [3.8, 4) is 11.3 Å². The van der Waals surface area contributed by atoms with Gasteiger partial charge in [-0.2, -0.15) is 0 Å². The average molecular weight is 449 g/mol. The number of anilines is 1. The van der Waals surface area contributed by atoms with Crippen molar-refractivity contribution in [1.82, 2.24) is 5.32 Å². The number of furan rings is 1. The quantitative estimate of drug-likeness (QED) is 0.378. The van der Waals surface area contributed by atoms with Crippen molar-refractivity contribution in [2.45, 2.75) is 25.8 Å². The molecule has 0 bridgehead atoms. The van der Waals surface area contributed by atoms with Crippen LogP contribution in [0.1, 0.15) is 35.5 Å². The molecule has 0 aliphatic carbocycles. The zero-order chi connectivity index (χ0) is 22.5. The summed E-state index contributed by atoms with van der Waals surface area (Å²) in [7, 11) is 0. The Hall–Kier alpha value is -3.45. The topological polar surface area (TPSA) is 80.6 Å². The maximum atomic E-state index is 12.4. The summed E-state index contributed by atoms with van der Waals surface area (Å²) < 4.78 is 10.9. The van der Waals surface area contributed by atoms with E-state index < -0.39 is 0 Å². The van der Waals surface area contributed by atoms with Gasteiger partial charge in [0.25, 0.3) is 5.91 Å². The van der Waals surface area contributed by atoms with E-state index in [2.05, 4.69) is 29.7 Å². The maximum Gasteiger partial charge on any atom is 0.338 e. The fourth-order valence-electron chi connectivity index (χ4n) is 3.25. The first-order valence-electron chi connectivity index (χ1n) is 10.5. The molecule has 1 amide bonds. The molecule has 1 saturated heterocycles. The second-order valence-corrected chi connectivity index (χ2v) is 8.32. The van der Waals surface area contributed by atoms with Crippen molar-refractivity contribution in [2.24, 2.45) is 0 Å². The Morgan fingerprint density at radius 1 is 1.09 bits per heavy atom. The van der Waals surface area contributed by atoms with E-state index in [-0.39, 0.29) is 17.4 Å². The van der Waals surface area contributed by atoms with Gasteiger partial charge in [-0.3, -0.25) is 4.79 Å². The lowest BCUT2D eigenvalue weighted by atomic mass is 10.1. The standard InChI is InChI=1S/C25H24N2O4S/c1-3-16-5-11-19(12-6-16)26-25-27-23(28)22(32-25)15-20-13-14-21(31-20)17-7-9-18(10-8-17)24(29)30-4-2/h5-15,25-26H,3-4H2,1-2H3,(H,27,28)/b22-15-/t25-/m1/s1. The highest BCUT2D eigenvalue weighted by atomic mass is 32.2. The van der Waals surface area contributed by atoms with Gasteiger partial charge in [-0.15, -0.1) is 0 Å². The number of hydrogen-bond acceptors (Lipinski definition) is 6. The SMILES string of the molecule is CCOC(=O)c1ccc(-c2ccc(/C=C3\S[C@H](Nc4ccc(CC)cc4)NC3=O)o2)cc1. The number of aryl methyl sites for hydroxylation is 1. The molecule has 6 nitrogen and oxygen atoms in total. The van der Waals surface area contributed by atoms with Gasteiger partial charge in [-0.05, 0) is 55.3 Å². The van der Waals surface area contributed by atoms with E-state index in [1.54, 1.807) is 25.1 Å². The van der Waals surface area contributed by atoms with Crippen LogP contribution in [0.4, 0.5) is 5.69 Å². The third-order valence-electron chi connectivity index (χ3n) is 4.97. The Morgan fingerprint density at radius 3 is 2.53 bits per heavy atom. The number of rotatable bonds is 7. The monoisotopic (exact) mass is 448 g/mol. The van der Waals surface area contributed by atoms with E-state index in [1.165, 1.54) is 17.3 Å². The molecule has 3 aromatic rings. The molecule has 1 aliphatic heterocycles. The molecule has 2 N–H and O–H groups in total. The predicted octanol–water partition coefficient (Wildman–Crippen LogP) is 5.29. The van der Waals surface area contributed by atoms with Crippen LogP contribution < -0.4 is 10.6 Å². The van der Waals surface area contributed by atoms with Gasteiger partial charge in [0.05, 0.1) is 17.1 Å². The number of nitrogens with one attached hydrogen (secondary N) is 2. The number of thioether (sulfide) groups is 1. The first-order chi connectivity index (χ1) is 15.6. The van der Waals surface area contributed by atoms with Crippen molar-refractivity contribution in [3.63, 3.8) is 0 Å². The van der Waals surface area contributed by atoms with Crippen LogP contribution in [0.15, 0.2) is 70.0 Å². The van der Waals surface area contributed by atoms with E-state index in [4.69, 9.17) is 9.15 Å². The molecular formula is C25H24N2O4S. The zero-order valence-corrected chi connectivity index (χ0v) is 18.7. The summed E-state index contributed by atoms with van der Waals surface area (Å²) in [5.74, 6) is 0.744. The molecule has 1 atom stereocenters. The van der Waals surface area contributed by atoms with E-state index >= 15 is 0 Å². The Bertz CT molecular complexity index is 1130. The fraction of sp³-hybridized carbons (Fsp3) is 0.200. The maximum absolute atomic E-state index is 12.4. The van der Waals surface area contributed by atoms with Crippen molar-refractivity contribution >= 4 is 35.4 Å².